The fraction of sp³-hybridized carbons (Fsp3) is 0.211. The number of hydrogen-bond acceptors (Lipinski definition) is 5. The van der Waals surface area contributed by atoms with Crippen molar-refractivity contribution < 1.29 is 29.3 Å². The fourth-order valence-electron chi connectivity index (χ4n) is 2.26. The number of hydrazine groups is 1. The van der Waals surface area contributed by atoms with Crippen molar-refractivity contribution >= 4 is 18.1 Å². The van der Waals surface area contributed by atoms with Gasteiger partial charge in [0, 0.05) is 0 Å². The molecule has 0 radical (unpaired) electrons. The van der Waals surface area contributed by atoms with Crippen LogP contribution in [0.25, 0.3) is 0 Å². The lowest BCUT2D eigenvalue weighted by molar-refractivity contribution is -0.506. The largest absolute Gasteiger partial charge is 0.546 e. The second-order valence-electron chi connectivity index (χ2n) is 5.54. The molecule has 2 rings (SSSR count). The summed E-state index contributed by atoms with van der Waals surface area (Å²) in [6.45, 7) is 3.13. The van der Waals surface area contributed by atoms with E-state index in [0.717, 1.165) is 11.1 Å². The molecule has 0 bridgehead atoms. The quantitative estimate of drug-likeness (QED) is 0.469. The van der Waals surface area contributed by atoms with E-state index in [4.69, 9.17) is 9.47 Å². The molecule has 2 aromatic rings. The van der Waals surface area contributed by atoms with Crippen molar-refractivity contribution in [3.05, 3.63) is 59.2 Å². The number of carbonyl (C=O) groups is 2. The number of para-hydroxylation sites is 2. The van der Waals surface area contributed by atoms with E-state index < -0.39 is 12.6 Å². The Labute approximate surface area is 151 Å². The molecule has 7 nitrogen and oxygen atoms in total. The van der Waals surface area contributed by atoms with Crippen molar-refractivity contribution in [3.63, 3.8) is 0 Å². The number of nitrogens with one attached hydrogen (secondary N) is 2. The van der Waals surface area contributed by atoms with Crippen LogP contribution in [0.4, 0.5) is 0 Å². The molecule has 0 atom stereocenters. The molecule has 26 heavy (non-hydrogen) atoms. The third-order valence-corrected chi connectivity index (χ3v) is 3.46. The number of carboxylic acid groups (broad SMARTS) is 1. The van der Waals surface area contributed by atoms with E-state index in [0.29, 0.717) is 17.1 Å². The first-order valence-electron chi connectivity index (χ1n) is 7.95. The van der Waals surface area contributed by atoms with Gasteiger partial charge in [0.15, 0.2) is 6.61 Å². The Kier molecular flexibility index (Phi) is 6.73. The highest BCUT2D eigenvalue weighted by Gasteiger charge is 2.09. The number of amides is 1. The maximum Gasteiger partial charge on any atom is 0.311 e. The average Bonchev–Trinajstić information content (AvgIpc) is 2.60. The molecule has 1 amide bonds. The van der Waals surface area contributed by atoms with Crippen LogP contribution in [0.15, 0.2) is 42.5 Å². The van der Waals surface area contributed by atoms with Gasteiger partial charge in [-0.2, -0.15) is 0 Å². The third kappa shape index (κ3) is 5.62. The smallest absolute Gasteiger partial charge is 0.311 e. The number of benzene rings is 2. The van der Waals surface area contributed by atoms with E-state index in [9.17, 15) is 14.7 Å². The highest BCUT2D eigenvalue weighted by atomic mass is 16.5. The minimum absolute atomic E-state index is 0.143. The summed E-state index contributed by atoms with van der Waals surface area (Å²) in [6.07, 6.45) is 1.49. The van der Waals surface area contributed by atoms with Gasteiger partial charge in [-0.1, -0.05) is 30.3 Å². The number of aryl methyl sites for hydroxylation is 2. The molecule has 0 unspecified atom stereocenters. The highest BCUT2D eigenvalue weighted by Crippen LogP contribution is 2.21. The second-order valence-corrected chi connectivity index (χ2v) is 5.54. The minimum Gasteiger partial charge on any atom is -0.546 e. The van der Waals surface area contributed by atoms with Crippen molar-refractivity contribution in [3.8, 4) is 11.5 Å². The first-order chi connectivity index (χ1) is 12.5. The van der Waals surface area contributed by atoms with E-state index in [1.807, 2.05) is 32.0 Å². The molecule has 0 spiro atoms. The number of hydrogen-bond donors (Lipinski definition) is 2. The number of carbonyl (C=O) groups excluding carboxylic acids is 2. The molecule has 0 fully saturated rings. The van der Waals surface area contributed by atoms with E-state index in [1.54, 1.807) is 24.3 Å². The van der Waals surface area contributed by atoms with Gasteiger partial charge in [-0.25, -0.2) is 0 Å². The Hall–Kier alpha value is -3.35. The lowest BCUT2D eigenvalue weighted by Gasteiger charge is -2.10. The van der Waals surface area contributed by atoms with Gasteiger partial charge in [-0.15, -0.1) is 10.5 Å². The van der Waals surface area contributed by atoms with Crippen LogP contribution in [0, 0.1) is 13.8 Å². The SMILES string of the molecule is Cc1cccc(C)c1OCC(=O)N/[NH+]=C/c1ccccc1OCC(=O)[O-]. The van der Waals surface area contributed by atoms with Gasteiger partial charge >= 0.3 is 5.91 Å². The number of aliphatic carboxylic acids is 1. The van der Waals surface area contributed by atoms with Crippen molar-refractivity contribution in [2.75, 3.05) is 13.2 Å². The monoisotopic (exact) mass is 356 g/mol. The minimum atomic E-state index is -1.32. The van der Waals surface area contributed by atoms with Crippen LogP contribution >= 0.6 is 0 Å². The first-order valence-corrected chi connectivity index (χ1v) is 7.95. The molecule has 2 aromatic carbocycles. The van der Waals surface area contributed by atoms with Crippen molar-refractivity contribution in [1.29, 1.82) is 0 Å². The fourth-order valence-corrected chi connectivity index (χ4v) is 2.26. The first kappa shape index (κ1) is 19.0. The molecular weight excluding hydrogens is 336 g/mol. The van der Waals surface area contributed by atoms with Gasteiger partial charge < -0.3 is 19.4 Å². The van der Waals surface area contributed by atoms with Crippen LogP contribution in [-0.2, 0) is 9.59 Å². The normalized spacial score (nSPS) is 10.5. The van der Waals surface area contributed by atoms with Gasteiger partial charge in [0.05, 0.1) is 11.5 Å². The summed E-state index contributed by atoms with van der Waals surface area (Å²) in [7, 11) is 0. The Bertz CT molecular complexity index is 797. The molecule has 136 valence electrons. The zero-order valence-corrected chi connectivity index (χ0v) is 14.6. The topological polar surface area (TPSA) is 102 Å². The Morgan fingerprint density at radius 3 is 2.42 bits per heavy atom. The van der Waals surface area contributed by atoms with Crippen molar-refractivity contribution in [2.45, 2.75) is 13.8 Å². The van der Waals surface area contributed by atoms with Crippen molar-refractivity contribution in [1.82, 2.24) is 5.43 Å². The van der Waals surface area contributed by atoms with Gasteiger partial charge in [-0.05, 0) is 37.1 Å². The summed E-state index contributed by atoms with van der Waals surface area (Å²) in [5, 5.41) is 13.1. The maximum absolute atomic E-state index is 11.9. The molecule has 2 N–H and O–H groups in total. The summed E-state index contributed by atoms with van der Waals surface area (Å²) >= 11 is 0. The molecule has 0 saturated heterocycles. The van der Waals surface area contributed by atoms with Gasteiger partial charge in [-0.3, -0.25) is 4.79 Å². The van der Waals surface area contributed by atoms with Gasteiger partial charge in [0.25, 0.3) is 0 Å². The van der Waals surface area contributed by atoms with Crippen LogP contribution < -0.4 is 25.1 Å². The van der Waals surface area contributed by atoms with E-state index >= 15 is 0 Å². The lowest BCUT2D eigenvalue weighted by Crippen LogP contribution is -2.82. The molecule has 0 aliphatic rings. The average molecular weight is 356 g/mol. The molecular formula is C19H20N2O5. The van der Waals surface area contributed by atoms with Crippen LogP contribution in [0.3, 0.4) is 0 Å². The second kappa shape index (κ2) is 9.22. The number of carboxylic acids is 1. The molecule has 0 aliphatic heterocycles. The van der Waals surface area contributed by atoms with Crippen molar-refractivity contribution in [2.24, 2.45) is 0 Å². The van der Waals surface area contributed by atoms with Crippen LogP contribution in [0.2, 0.25) is 0 Å². The number of hydrazone groups is 1. The zero-order chi connectivity index (χ0) is 18.9. The van der Waals surface area contributed by atoms with Gasteiger partial charge in [0.2, 0.25) is 6.21 Å². The summed E-state index contributed by atoms with van der Waals surface area (Å²) in [6, 6.07) is 12.5. The molecule has 0 heterocycles. The predicted molar refractivity (Wildman–Crippen MR) is 92.6 cm³/mol. The lowest BCUT2D eigenvalue weighted by atomic mass is 10.1. The summed E-state index contributed by atoms with van der Waals surface area (Å²) in [5.74, 6) is -0.639. The Morgan fingerprint density at radius 2 is 1.73 bits per heavy atom. The number of rotatable bonds is 8. The third-order valence-electron chi connectivity index (χ3n) is 3.46. The van der Waals surface area contributed by atoms with E-state index in [2.05, 4.69) is 10.5 Å². The highest BCUT2D eigenvalue weighted by molar-refractivity contribution is 5.81. The summed E-state index contributed by atoms with van der Waals surface area (Å²) < 4.78 is 10.7. The predicted octanol–water partition coefficient (Wildman–Crippen LogP) is -0.958. The zero-order valence-electron chi connectivity index (χ0n) is 14.6. The van der Waals surface area contributed by atoms with Crippen LogP contribution in [0.5, 0.6) is 11.5 Å². The summed E-state index contributed by atoms with van der Waals surface area (Å²) in [5.41, 5.74) is 4.96. The maximum atomic E-state index is 11.9. The molecule has 0 aromatic heterocycles. The summed E-state index contributed by atoms with van der Waals surface area (Å²) in [4.78, 5) is 22.4. The van der Waals surface area contributed by atoms with Crippen LogP contribution in [0.1, 0.15) is 16.7 Å². The Balaban J connectivity index is 1.90. The molecule has 7 heteroatoms. The van der Waals surface area contributed by atoms with Gasteiger partial charge in [0.1, 0.15) is 18.1 Å². The standard InChI is InChI=1S/C19H20N2O5/c1-13-6-5-7-14(2)19(13)26-11-17(22)21-20-10-15-8-3-4-9-16(15)25-12-18(23)24/h3-10H,11-12H2,1-2H3,(H,21,22)(H,23,24)/b20-10+. The van der Waals surface area contributed by atoms with E-state index in [-0.39, 0.29) is 12.5 Å². The number of ether oxygens (including phenoxy) is 2. The molecule has 0 aliphatic carbocycles. The Morgan fingerprint density at radius 1 is 1.04 bits per heavy atom. The molecule has 0 saturated carbocycles. The van der Waals surface area contributed by atoms with E-state index in [1.165, 1.54) is 6.21 Å². The van der Waals surface area contributed by atoms with Crippen LogP contribution in [-0.4, -0.2) is 31.3 Å².